The van der Waals surface area contributed by atoms with Crippen molar-refractivity contribution in [2.24, 2.45) is 5.92 Å². The van der Waals surface area contributed by atoms with Gasteiger partial charge in [0, 0.05) is 11.6 Å². The minimum Gasteiger partial charge on any atom is -0.469 e. The number of hydrogen-bond acceptors (Lipinski definition) is 5. The minimum atomic E-state index is -0.114. The number of carbonyl (C=O) groups excluding carboxylic acids is 1. The Morgan fingerprint density at radius 2 is 1.70 bits per heavy atom. The maximum absolute atomic E-state index is 11.7. The summed E-state index contributed by atoms with van der Waals surface area (Å²) in [6.45, 7) is 0. The summed E-state index contributed by atoms with van der Waals surface area (Å²) in [6, 6.07) is 18.6. The van der Waals surface area contributed by atoms with Crippen LogP contribution in [0.2, 0.25) is 5.02 Å². The lowest BCUT2D eigenvalue weighted by atomic mass is 9.86. The zero-order valence-corrected chi connectivity index (χ0v) is 17.6. The highest BCUT2D eigenvalue weighted by atomic mass is 35.5. The van der Waals surface area contributed by atoms with Gasteiger partial charge in [0.2, 0.25) is 5.95 Å². The van der Waals surface area contributed by atoms with Gasteiger partial charge < -0.3 is 10.1 Å². The zero-order chi connectivity index (χ0) is 20.9. The highest BCUT2D eigenvalue weighted by Crippen LogP contribution is 2.31. The van der Waals surface area contributed by atoms with Gasteiger partial charge in [-0.1, -0.05) is 60.1 Å². The third-order valence-corrected chi connectivity index (χ3v) is 5.86. The van der Waals surface area contributed by atoms with Crippen molar-refractivity contribution in [2.75, 3.05) is 12.4 Å². The van der Waals surface area contributed by atoms with Crippen LogP contribution in [0.15, 0.2) is 60.8 Å². The van der Waals surface area contributed by atoms with E-state index in [2.05, 4.69) is 34.6 Å². The third-order valence-electron chi connectivity index (χ3n) is 5.58. The van der Waals surface area contributed by atoms with Gasteiger partial charge in [-0.15, -0.1) is 0 Å². The molecular weight excluding hydrogens is 398 g/mol. The second-order valence-corrected chi connectivity index (χ2v) is 7.96. The SMILES string of the molecule is COC(=O)[C@H]1CC[C@H](Nc2ncc(Cl)c(-c3cccc(-c4ccccc4)c3)n2)CC1. The summed E-state index contributed by atoms with van der Waals surface area (Å²) in [7, 11) is 1.45. The Hall–Kier alpha value is -2.92. The van der Waals surface area contributed by atoms with E-state index in [-0.39, 0.29) is 17.9 Å². The van der Waals surface area contributed by atoms with Gasteiger partial charge in [-0.3, -0.25) is 4.79 Å². The Kier molecular flexibility index (Phi) is 6.29. The predicted octanol–water partition coefficient (Wildman–Crippen LogP) is 5.61. The van der Waals surface area contributed by atoms with Gasteiger partial charge in [-0.2, -0.15) is 0 Å². The second kappa shape index (κ2) is 9.26. The molecule has 5 nitrogen and oxygen atoms in total. The smallest absolute Gasteiger partial charge is 0.308 e. The first-order valence-corrected chi connectivity index (χ1v) is 10.5. The predicted molar refractivity (Wildman–Crippen MR) is 119 cm³/mol. The van der Waals surface area contributed by atoms with Gasteiger partial charge in [-0.25, -0.2) is 9.97 Å². The molecule has 1 aliphatic rings. The number of benzene rings is 2. The summed E-state index contributed by atoms with van der Waals surface area (Å²) in [5.41, 5.74) is 3.90. The summed E-state index contributed by atoms with van der Waals surface area (Å²) in [6.07, 6.45) is 5.02. The Labute approximate surface area is 181 Å². The van der Waals surface area contributed by atoms with Crippen LogP contribution in [0.25, 0.3) is 22.4 Å². The van der Waals surface area contributed by atoms with E-state index in [1.807, 2.05) is 30.3 Å². The van der Waals surface area contributed by atoms with E-state index in [0.717, 1.165) is 42.4 Å². The first-order valence-electron chi connectivity index (χ1n) is 10.2. The molecule has 1 fully saturated rings. The third kappa shape index (κ3) is 4.62. The van der Waals surface area contributed by atoms with Crippen LogP contribution in [-0.4, -0.2) is 29.1 Å². The molecule has 1 saturated carbocycles. The van der Waals surface area contributed by atoms with E-state index in [9.17, 15) is 4.79 Å². The fourth-order valence-electron chi connectivity index (χ4n) is 3.94. The van der Waals surface area contributed by atoms with Crippen LogP contribution < -0.4 is 5.32 Å². The number of esters is 1. The maximum atomic E-state index is 11.7. The molecular formula is C24H24ClN3O2. The summed E-state index contributed by atoms with van der Waals surface area (Å²) < 4.78 is 4.86. The van der Waals surface area contributed by atoms with E-state index in [4.69, 9.17) is 21.3 Å². The summed E-state index contributed by atoms with van der Waals surface area (Å²) in [5, 5.41) is 3.92. The summed E-state index contributed by atoms with van der Waals surface area (Å²) in [5.74, 6) is 0.438. The molecule has 30 heavy (non-hydrogen) atoms. The average molecular weight is 422 g/mol. The van der Waals surface area contributed by atoms with Gasteiger partial charge >= 0.3 is 5.97 Å². The van der Waals surface area contributed by atoms with Gasteiger partial charge in [0.05, 0.1) is 29.9 Å². The Bertz CT molecular complexity index is 1020. The van der Waals surface area contributed by atoms with E-state index in [1.165, 1.54) is 7.11 Å². The van der Waals surface area contributed by atoms with E-state index in [0.29, 0.717) is 16.7 Å². The molecule has 4 rings (SSSR count). The number of halogens is 1. The van der Waals surface area contributed by atoms with Crippen molar-refractivity contribution in [2.45, 2.75) is 31.7 Å². The standard InChI is InChI=1S/C24H24ClN3O2/c1-30-23(29)17-10-12-20(13-11-17)27-24-26-15-21(25)22(28-24)19-9-5-8-18(14-19)16-6-3-2-4-7-16/h2-9,14-15,17,20H,10-13H2,1H3,(H,26,27,28)/t17-,20-. The largest absolute Gasteiger partial charge is 0.469 e. The number of hydrogen-bond donors (Lipinski definition) is 1. The minimum absolute atomic E-state index is 0.00419. The molecule has 6 heteroatoms. The topological polar surface area (TPSA) is 64.1 Å². The molecule has 0 saturated heterocycles. The van der Waals surface area contributed by atoms with E-state index < -0.39 is 0 Å². The molecule has 154 valence electrons. The molecule has 1 N–H and O–H groups in total. The number of carbonyl (C=O) groups is 1. The zero-order valence-electron chi connectivity index (χ0n) is 16.8. The van der Waals surface area contributed by atoms with Crippen LogP contribution in [0.5, 0.6) is 0 Å². The van der Waals surface area contributed by atoms with Crippen molar-refractivity contribution in [3.05, 3.63) is 65.8 Å². The van der Waals surface area contributed by atoms with Gasteiger partial charge in [0.1, 0.15) is 0 Å². The second-order valence-electron chi connectivity index (χ2n) is 7.55. The van der Waals surface area contributed by atoms with Crippen LogP contribution in [0.3, 0.4) is 0 Å². The molecule has 1 aromatic heterocycles. The van der Waals surface area contributed by atoms with E-state index in [1.54, 1.807) is 6.20 Å². The lowest BCUT2D eigenvalue weighted by molar-refractivity contribution is -0.146. The van der Waals surface area contributed by atoms with Crippen LogP contribution in [0.4, 0.5) is 5.95 Å². The molecule has 0 radical (unpaired) electrons. The number of anilines is 1. The number of methoxy groups -OCH3 is 1. The molecule has 0 bridgehead atoms. The van der Waals surface area contributed by atoms with E-state index >= 15 is 0 Å². The number of nitrogens with one attached hydrogen (secondary N) is 1. The lowest BCUT2D eigenvalue weighted by Gasteiger charge is -2.27. The fraction of sp³-hybridized carbons (Fsp3) is 0.292. The van der Waals surface area contributed by atoms with Crippen LogP contribution in [-0.2, 0) is 9.53 Å². The van der Waals surface area contributed by atoms with Gasteiger partial charge in [0.25, 0.3) is 0 Å². The highest BCUT2D eigenvalue weighted by Gasteiger charge is 2.27. The average Bonchev–Trinajstić information content (AvgIpc) is 2.81. The number of rotatable bonds is 5. The molecule has 1 aliphatic carbocycles. The van der Waals surface area contributed by atoms with Crippen molar-refractivity contribution < 1.29 is 9.53 Å². The normalized spacial score (nSPS) is 18.6. The molecule has 0 atom stereocenters. The van der Waals surface area contributed by atoms with Crippen LogP contribution in [0.1, 0.15) is 25.7 Å². The molecule has 2 aromatic carbocycles. The highest BCUT2D eigenvalue weighted by molar-refractivity contribution is 6.32. The van der Waals surface area contributed by atoms with Crippen molar-refractivity contribution in [3.8, 4) is 22.4 Å². The van der Waals surface area contributed by atoms with Crippen LogP contribution in [0, 0.1) is 5.92 Å². The van der Waals surface area contributed by atoms with Crippen molar-refractivity contribution in [1.82, 2.24) is 9.97 Å². The first-order chi connectivity index (χ1) is 14.6. The molecule has 0 aliphatic heterocycles. The molecule has 1 heterocycles. The van der Waals surface area contributed by atoms with Crippen molar-refractivity contribution >= 4 is 23.5 Å². The lowest BCUT2D eigenvalue weighted by Crippen LogP contribution is -2.30. The Morgan fingerprint density at radius 3 is 2.43 bits per heavy atom. The monoisotopic (exact) mass is 421 g/mol. The van der Waals surface area contributed by atoms with Crippen molar-refractivity contribution in [1.29, 1.82) is 0 Å². The maximum Gasteiger partial charge on any atom is 0.308 e. The molecule has 0 spiro atoms. The number of ether oxygens (including phenoxy) is 1. The summed E-state index contributed by atoms with van der Waals surface area (Å²) >= 11 is 6.44. The number of aromatic nitrogens is 2. The first kappa shape index (κ1) is 20.4. The van der Waals surface area contributed by atoms with Crippen LogP contribution >= 0.6 is 11.6 Å². The fourth-order valence-corrected chi connectivity index (χ4v) is 4.14. The molecule has 3 aromatic rings. The Balaban J connectivity index is 1.51. The van der Waals surface area contributed by atoms with Gasteiger partial charge in [0.15, 0.2) is 0 Å². The van der Waals surface area contributed by atoms with Gasteiger partial charge in [-0.05, 0) is 42.9 Å². The quantitative estimate of drug-likeness (QED) is 0.542. The Morgan fingerprint density at radius 1 is 1.00 bits per heavy atom. The molecule has 0 amide bonds. The summed E-state index contributed by atoms with van der Waals surface area (Å²) in [4.78, 5) is 20.8. The van der Waals surface area contributed by atoms with Crippen molar-refractivity contribution in [3.63, 3.8) is 0 Å². The number of nitrogens with zero attached hydrogens (tertiary/aromatic N) is 2. The molecule has 0 unspecified atom stereocenters.